The number of nitrogens with zero attached hydrogens (tertiary/aromatic N) is 3. The molecule has 0 bridgehead atoms. The van der Waals surface area contributed by atoms with Crippen LogP contribution in [0.1, 0.15) is 25.3 Å². The maximum Gasteiger partial charge on any atom is 0.426 e. The fourth-order valence-corrected chi connectivity index (χ4v) is 4.84. The summed E-state index contributed by atoms with van der Waals surface area (Å²) in [6.07, 6.45) is 4.68. The zero-order valence-corrected chi connectivity index (χ0v) is 17.4. The van der Waals surface area contributed by atoms with Gasteiger partial charge in [-0.3, -0.25) is 14.6 Å². The molecule has 2 saturated heterocycles. The number of nitriles is 1. The van der Waals surface area contributed by atoms with Gasteiger partial charge in [0.05, 0.1) is 17.9 Å². The Balaban J connectivity index is 1.43. The molecule has 3 amide bonds. The van der Waals surface area contributed by atoms with Crippen molar-refractivity contribution < 1.29 is 19.1 Å². The summed E-state index contributed by atoms with van der Waals surface area (Å²) in [6.45, 7) is 2.86. The van der Waals surface area contributed by atoms with Gasteiger partial charge >= 0.3 is 6.09 Å². The van der Waals surface area contributed by atoms with E-state index in [0.717, 1.165) is 12.0 Å². The molecule has 1 aromatic carbocycles. The van der Waals surface area contributed by atoms with Crippen LogP contribution in [0.15, 0.2) is 42.5 Å². The monoisotopic (exact) mass is 422 g/mol. The first kappa shape index (κ1) is 20.9. The largest absolute Gasteiger partial charge is 0.443 e. The van der Waals surface area contributed by atoms with Crippen LogP contribution in [0.25, 0.3) is 0 Å². The second-order valence-corrected chi connectivity index (χ2v) is 8.40. The zero-order chi connectivity index (χ0) is 22.0. The van der Waals surface area contributed by atoms with Gasteiger partial charge in [0, 0.05) is 19.0 Å². The van der Waals surface area contributed by atoms with Gasteiger partial charge in [-0.05, 0) is 24.3 Å². The summed E-state index contributed by atoms with van der Waals surface area (Å²) >= 11 is 0. The molecule has 1 aromatic rings. The number of allylic oxidation sites excluding steroid dienone is 1. The Morgan fingerprint density at radius 3 is 2.77 bits per heavy atom. The molecule has 2 aliphatic heterocycles. The van der Waals surface area contributed by atoms with Crippen molar-refractivity contribution in [2.24, 2.45) is 23.7 Å². The molecule has 3 aliphatic rings. The number of fused-ring (bicyclic) bond motifs is 1. The molecule has 162 valence electrons. The molecule has 8 heteroatoms. The number of likely N-dealkylation sites (tertiary alicyclic amines) is 1. The molecule has 5 atom stereocenters. The molecule has 0 saturated carbocycles. The Bertz CT molecular complexity index is 925. The molecule has 0 spiro atoms. The van der Waals surface area contributed by atoms with Gasteiger partial charge in [-0.15, -0.1) is 0 Å². The summed E-state index contributed by atoms with van der Waals surface area (Å²) in [6, 6.07) is 11.0. The zero-order valence-electron chi connectivity index (χ0n) is 17.4. The molecule has 1 N–H and O–H groups in total. The molecule has 8 nitrogen and oxygen atoms in total. The molecule has 4 rings (SSSR count). The lowest BCUT2D eigenvalue weighted by Crippen LogP contribution is -2.49. The lowest BCUT2D eigenvalue weighted by Gasteiger charge is -2.35. The van der Waals surface area contributed by atoms with Crippen LogP contribution in [0.5, 0.6) is 0 Å². The second-order valence-electron chi connectivity index (χ2n) is 8.40. The van der Waals surface area contributed by atoms with Gasteiger partial charge in [0.15, 0.2) is 0 Å². The lowest BCUT2D eigenvalue weighted by atomic mass is 9.71. The highest BCUT2D eigenvalue weighted by atomic mass is 16.6. The summed E-state index contributed by atoms with van der Waals surface area (Å²) in [4.78, 5) is 40.3. The molecule has 0 radical (unpaired) electrons. The molecular formula is C23H26N4O4. The predicted octanol–water partition coefficient (Wildman–Crippen LogP) is 2.24. The van der Waals surface area contributed by atoms with Gasteiger partial charge in [0.25, 0.3) is 0 Å². The van der Waals surface area contributed by atoms with Gasteiger partial charge in [-0.25, -0.2) is 10.2 Å². The number of rotatable bonds is 4. The van der Waals surface area contributed by atoms with E-state index in [4.69, 9.17) is 4.74 Å². The third kappa shape index (κ3) is 4.13. The number of hydrazine groups is 1. The van der Waals surface area contributed by atoms with E-state index >= 15 is 0 Å². The molecule has 2 heterocycles. The Morgan fingerprint density at radius 1 is 1.26 bits per heavy atom. The van der Waals surface area contributed by atoms with E-state index < -0.39 is 24.0 Å². The molecule has 0 aromatic heterocycles. The summed E-state index contributed by atoms with van der Waals surface area (Å²) in [5.74, 6) is -1.81. The third-order valence-electron chi connectivity index (χ3n) is 6.43. The number of benzene rings is 1. The average molecular weight is 422 g/mol. The fourth-order valence-electron chi connectivity index (χ4n) is 4.84. The van der Waals surface area contributed by atoms with E-state index in [1.807, 2.05) is 49.4 Å². The highest BCUT2D eigenvalue weighted by Crippen LogP contribution is 2.41. The van der Waals surface area contributed by atoms with Crippen molar-refractivity contribution in [2.45, 2.75) is 32.4 Å². The maximum absolute atomic E-state index is 13.3. The standard InChI is InChI=1S/C23H26N4O4/c1-15-9-10-17-13-27(25-23(30)31-14-16-6-3-2-4-7-16)22(29)20(17)19(15)21(28)26-11-5-8-18(26)12-24/h2-4,6-7,9-10,15,17-20H,5,8,11,13-14H2,1H3,(H,25,30)/t15-,17-,18-,19+,20-/m0/s1. The summed E-state index contributed by atoms with van der Waals surface area (Å²) in [7, 11) is 0. The highest BCUT2D eigenvalue weighted by molar-refractivity contribution is 5.91. The Kier molecular flexibility index (Phi) is 5.94. The normalized spacial score (nSPS) is 29.4. The van der Waals surface area contributed by atoms with Crippen LogP contribution < -0.4 is 5.43 Å². The van der Waals surface area contributed by atoms with Crippen molar-refractivity contribution in [1.82, 2.24) is 15.3 Å². The van der Waals surface area contributed by atoms with Crippen LogP contribution in [0.4, 0.5) is 4.79 Å². The maximum atomic E-state index is 13.3. The average Bonchev–Trinajstić information content (AvgIpc) is 3.38. The first-order valence-corrected chi connectivity index (χ1v) is 10.7. The highest BCUT2D eigenvalue weighted by Gasteiger charge is 2.52. The molecular weight excluding hydrogens is 396 g/mol. The van der Waals surface area contributed by atoms with Crippen molar-refractivity contribution in [3.05, 3.63) is 48.0 Å². The number of amides is 3. The minimum absolute atomic E-state index is 0.101. The first-order valence-electron chi connectivity index (χ1n) is 10.7. The van der Waals surface area contributed by atoms with Crippen LogP contribution in [0.3, 0.4) is 0 Å². The minimum Gasteiger partial charge on any atom is -0.443 e. The third-order valence-corrected chi connectivity index (χ3v) is 6.43. The van der Waals surface area contributed by atoms with Crippen molar-refractivity contribution in [1.29, 1.82) is 5.26 Å². The topological polar surface area (TPSA) is 103 Å². The van der Waals surface area contributed by atoms with Crippen molar-refractivity contribution in [2.75, 3.05) is 13.1 Å². The van der Waals surface area contributed by atoms with E-state index in [9.17, 15) is 19.6 Å². The molecule has 2 fully saturated rings. The number of nitrogens with one attached hydrogen (secondary N) is 1. The van der Waals surface area contributed by atoms with Crippen LogP contribution >= 0.6 is 0 Å². The van der Waals surface area contributed by atoms with Gasteiger partial charge in [-0.1, -0.05) is 49.4 Å². The van der Waals surface area contributed by atoms with Crippen molar-refractivity contribution in [3.8, 4) is 6.07 Å². The Hall–Kier alpha value is -3.34. The predicted molar refractivity (Wildman–Crippen MR) is 111 cm³/mol. The first-order chi connectivity index (χ1) is 15.0. The van der Waals surface area contributed by atoms with E-state index in [1.165, 1.54) is 5.01 Å². The van der Waals surface area contributed by atoms with E-state index in [1.54, 1.807) is 4.90 Å². The van der Waals surface area contributed by atoms with Gasteiger partial charge in [-0.2, -0.15) is 5.26 Å². The lowest BCUT2D eigenvalue weighted by molar-refractivity contribution is -0.146. The van der Waals surface area contributed by atoms with Gasteiger partial charge in [0.2, 0.25) is 11.8 Å². The Labute approximate surface area is 181 Å². The van der Waals surface area contributed by atoms with E-state index in [2.05, 4.69) is 11.5 Å². The summed E-state index contributed by atoms with van der Waals surface area (Å²) in [5.41, 5.74) is 3.38. The quantitative estimate of drug-likeness (QED) is 0.750. The SMILES string of the molecule is C[C@H]1C=C[C@H]2CN(NC(=O)OCc3ccccc3)C(=O)[C@@H]2[C@@H]1C(=O)N1CCC[C@H]1C#N. The van der Waals surface area contributed by atoms with Gasteiger partial charge in [0.1, 0.15) is 12.6 Å². The van der Waals surface area contributed by atoms with Crippen molar-refractivity contribution >= 4 is 17.9 Å². The van der Waals surface area contributed by atoms with Crippen molar-refractivity contribution in [3.63, 3.8) is 0 Å². The van der Waals surface area contributed by atoms with Crippen LogP contribution in [0.2, 0.25) is 0 Å². The molecule has 0 unspecified atom stereocenters. The minimum atomic E-state index is -0.708. The number of hydrogen-bond acceptors (Lipinski definition) is 5. The Morgan fingerprint density at radius 2 is 2.03 bits per heavy atom. The molecule has 31 heavy (non-hydrogen) atoms. The fraction of sp³-hybridized carbons (Fsp3) is 0.478. The molecule has 1 aliphatic carbocycles. The van der Waals surface area contributed by atoms with Crippen LogP contribution in [-0.2, 0) is 20.9 Å². The van der Waals surface area contributed by atoms with E-state index in [-0.39, 0.29) is 30.3 Å². The van der Waals surface area contributed by atoms with E-state index in [0.29, 0.717) is 19.5 Å². The summed E-state index contributed by atoms with van der Waals surface area (Å²) in [5, 5.41) is 10.6. The summed E-state index contributed by atoms with van der Waals surface area (Å²) < 4.78 is 5.22. The second kappa shape index (κ2) is 8.80. The number of carbonyl (C=O) groups excluding carboxylic acids is 3. The van der Waals surface area contributed by atoms with Gasteiger partial charge < -0.3 is 9.64 Å². The number of carbonyl (C=O) groups is 3. The van der Waals surface area contributed by atoms with Crippen LogP contribution in [0, 0.1) is 35.0 Å². The number of ether oxygens (including phenoxy) is 1. The number of hydrogen-bond donors (Lipinski definition) is 1. The smallest absolute Gasteiger partial charge is 0.426 e. The van der Waals surface area contributed by atoms with Crippen LogP contribution in [-0.4, -0.2) is 46.9 Å².